The highest BCUT2D eigenvalue weighted by molar-refractivity contribution is 5.18. The Hall–Kier alpha value is -1.56. The van der Waals surface area contributed by atoms with Gasteiger partial charge in [0.1, 0.15) is 0 Å². The molecule has 0 heterocycles. The van der Waals surface area contributed by atoms with Crippen molar-refractivity contribution in [1.29, 1.82) is 0 Å². The van der Waals surface area contributed by atoms with E-state index in [2.05, 4.69) is 25.2 Å². The fourth-order valence-corrected chi connectivity index (χ4v) is 1.73. The summed E-state index contributed by atoms with van der Waals surface area (Å²) >= 11 is 0. The Labute approximate surface area is 126 Å². The Morgan fingerprint density at radius 3 is 1.70 bits per heavy atom. The average molecular weight is 269 g/mol. The van der Waals surface area contributed by atoms with Gasteiger partial charge in [-0.3, -0.25) is 0 Å². The second-order valence-corrected chi connectivity index (χ2v) is 4.72. The van der Waals surface area contributed by atoms with Crippen molar-refractivity contribution in [1.82, 2.24) is 0 Å². The van der Waals surface area contributed by atoms with E-state index in [1.807, 2.05) is 36.5 Å². The molecule has 0 N–H and O–H groups in total. The van der Waals surface area contributed by atoms with Crippen LogP contribution in [-0.2, 0) is 0 Å². The van der Waals surface area contributed by atoms with Gasteiger partial charge in [-0.15, -0.1) is 0 Å². The molecule has 0 aromatic rings. The maximum Gasteiger partial charge on any atom is -0.0348 e. The zero-order valence-electron chi connectivity index (χ0n) is 12.9. The van der Waals surface area contributed by atoms with Gasteiger partial charge in [0.2, 0.25) is 0 Å². The molecule has 0 unspecified atom stereocenters. The lowest BCUT2D eigenvalue weighted by Gasteiger charge is -1.97. The molecule has 109 valence electrons. The molecule has 0 aliphatic rings. The van der Waals surface area contributed by atoms with Crippen LogP contribution in [0, 0.1) is 6.58 Å². The second kappa shape index (κ2) is 17.4. The van der Waals surface area contributed by atoms with Gasteiger partial charge in [-0.2, -0.15) is 0 Å². The molecule has 0 saturated carbocycles. The Bertz CT molecular complexity index is 337. The first-order valence-electron chi connectivity index (χ1n) is 7.78. The van der Waals surface area contributed by atoms with Gasteiger partial charge in [0.25, 0.3) is 0 Å². The monoisotopic (exact) mass is 269 g/mol. The topological polar surface area (TPSA) is 0 Å². The Balaban J connectivity index is 3.47. The highest BCUT2D eigenvalue weighted by Crippen LogP contribution is 2.07. The van der Waals surface area contributed by atoms with Gasteiger partial charge in [-0.25, -0.2) is 0 Å². The molecule has 0 bridgehead atoms. The standard InChI is InChI=1S/C20H29/c1-3-5-7-9-11-13-15-17-19-20-18-16-14-12-10-8-6-4-2/h1,3,5,7,9,11,13,15,17-20H,4,6,8,10,12,14,16H2,2H3. The van der Waals surface area contributed by atoms with Crippen LogP contribution >= 0.6 is 0 Å². The summed E-state index contributed by atoms with van der Waals surface area (Å²) in [5, 5.41) is 0. The van der Waals surface area contributed by atoms with Gasteiger partial charge < -0.3 is 0 Å². The molecule has 0 aliphatic heterocycles. The fourth-order valence-electron chi connectivity index (χ4n) is 1.73. The minimum Gasteiger partial charge on any atom is -0.0845 e. The predicted molar refractivity (Wildman–Crippen MR) is 92.6 cm³/mol. The molecule has 0 heteroatoms. The third-order valence-corrected chi connectivity index (χ3v) is 2.86. The maximum atomic E-state index is 5.21. The molecule has 1 radical (unpaired) electrons. The third-order valence-electron chi connectivity index (χ3n) is 2.86. The zero-order valence-corrected chi connectivity index (χ0v) is 12.9. The van der Waals surface area contributed by atoms with Crippen molar-refractivity contribution in [3.8, 4) is 0 Å². The Kier molecular flexibility index (Phi) is 16.1. The van der Waals surface area contributed by atoms with Gasteiger partial charge in [0.15, 0.2) is 0 Å². The lowest BCUT2D eigenvalue weighted by molar-refractivity contribution is 0.611. The van der Waals surface area contributed by atoms with Crippen molar-refractivity contribution in [3.63, 3.8) is 0 Å². The quantitative estimate of drug-likeness (QED) is 0.280. The van der Waals surface area contributed by atoms with E-state index in [-0.39, 0.29) is 0 Å². The summed E-state index contributed by atoms with van der Waals surface area (Å²) in [6.07, 6.45) is 31.0. The maximum absolute atomic E-state index is 5.21. The molecule has 0 spiro atoms. The van der Waals surface area contributed by atoms with Crippen molar-refractivity contribution in [2.75, 3.05) is 0 Å². The van der Waals surface area contributed by atoms with Crippen LogP contribution in [0.25, 0.3) is 0 Å². The number of unbranched alkanes of at least 4 members (excludes halogenated alkanes) is 6. The van der Waals surface area contributed by atoms with E-state index < -0.39 is 0 Å². The van der Waals surface area contributed by atoms with Crippen molar-refractivity contribution < 1.29 is 0 Å². The van der Waals surface area contributed by atoms with Crippen LogP contribution in [0.4, 0.5) is 0 Å². The van der Waals surface area contributed by atoms with E-state index in [4.69, 9.17) is 6.58 Å². The molecule has 0 amide bonds. The fraction of sp³-hybridized carbons (Fsp3) is 0.400. The van der Waals surface area contributed by atoms with Gasteiger partial charge in [-0.1, -0.05) is 112 Å². The second-order valence-electron chi connectivity index (χ2n) is 4.72. The van der Waals surface area contributed by atoms with E-state index in [9.17, 15) is 0 Å². The minimum absolute atomic E-state index is 1.19. The van der Waals surface area contributed by atoms with Crippen molar-refractivity contribution in [3.05, 3.63) is 73.4 Å². The predicted octanol–water partition coefficient (Wildman–Crippen LogP) is 6.51. The lowest BCUT2D eigenvalue weighted by Crippen LogP contribution is -1.77. The van der Waals surface area contributed by atoms with Crippen LogP contribution in [-0.4, -0.2) is 0 Å². The smallest absolute Gasteiger partial charge is 0.0348 e. The summed E-state index contributed by atoms with van der Waals surface area (Å²) in [6.45, 7) is 7.47. The highest BCUT2D eigenvalue weighted by Gasteiger charge is 1.87. The van der Waals surface area contributed by atoms with Crippen LogP contribution in [0.1, 0.15) is 51.9 Å². The van der Waals surface area contributed by atoms with E-state index in [0.29, 0.717) is 0 Å². The molecule has 0 aromatic carbocycles. The van der Waals surface area contributed by atoms with Crippen molar-refractivity contribution in [2.24, 2.45) is 0 Å². The third kappa shape index (κ3) is 16.4. The first-order valence-corrected chi connectivity index (χ1v) is 7.78. The SMILES string of the molecule is [CH]=CC=CC=CC=CC=CC=CCCCCCCCC. The molecule has 0 rings (SSSR count). The average Bonchev–Trinajstić information content (AvgIpc) is 2.47. The molecule has 0 atom stereocenters. The van der Waals surface area contributed by atoms with E-state index in [0.717, 1.165) is 0 Å². The van der Waals surface area contributed by atoms with Gasteiger partial charge in [0.05, 0.1) is 0 Å². The van der Waals surface area contributed by atoms with Crippen LogP contribution in [0.5, 0.6) is 0 Å². The summed E-state index contributed by atoms with van der Waals surface area (Å²) in [7, 11) is 0. The number of hydrogen-bond donors (Lipinski definition) is 0. The number of rotatable bonds is 12. The first kappa shape index (κ1) is 18.4. The highest BCUT2D eigenvalue weighted by atomic mass is 13.9. The molecular weight excluding hydrogens is 240 g/mol. The molecule has 0 nitrogen and oxygen atoms in total. The Morgan fingerprint density at radius 1 is 0.600 bits per heavy atom. The summed E-state index contributed by atoms with van der Waals surface area (Å²) in [5.41, 5.74) is 0. The van der Waals surface area contributed by atoms with E-state index in [1.165, 1.54) is 51.0 Å². The molecule has 0 aromatic heterocycles. The molecule has 0 saturated heterocycles. The molecule has 0 aliphatic carbocycles. The summed E-state index contributed by atoms with van der Waals surface area (Å²) in [5.74, 6) is 0. The first-order chi connectivity index (χ1) is 9.91. The van der Waals surface area contributed by atoms with Crippen molar-refractivity contribution >= 4 is 0 Å². The summed E-state index contributed by atoms with van der Waals surface area (Å²) in [6, 6.07) is 0. The molecule has 0 fully saturated rings. The van der Waals surface area contributed by atoms with Crippen LogP contribution < -0.4 is 0 Å². The minimum atomic E-state index is 1.19. The van der Waals surface area contributed by atoms with Crippen LogP contribution in [0.15, 0.2) is 66.8 Å². The van der Waals surface area contributed by atoms with Crippen molar-refractivity contribution in [2.45, 2.75) is 51.9 Å². The Morgan fingerprint density at radius 2 is 1.10 bits per heavy atom. The molecular formula is C20H29. The largest absolute Gasteiger partial charge is 0.0845 e. The van der Waals surface area contributed by atoms with Gasteiger partial charge in [0, 0.05) is 0 Å². The summed E-state index contributed by atoms with van der Waals surface area (Å²) in [4.78, 5) is 0. The van der Waals surface area contributed by atoms with Crippen LogP contribution in [0.2, 0.25) is 0 Å². The van der Waals surface area contributed by atoms with E-state index >= 15 is 0 Å². The molecule has 20 heavy (non-hydrogen) atoms. The number of allylic oxidation sites excluding steroid dienone is 11. The number of hydrogen-bond acceptors (Lipinski definition) is 0. The van der Waals surface area contributed by atoms with Crippen LogP contribution in [0.3, 0.4) is 0 Å². The van der Waals surface area contributed by atoms with Gasteiger partial charge >= 0.3 is 0 Å². The van der Waals surface area contributed by atoms with E-state index in [1.54, 1.807) is 6.08 Å². The zero-order chi connectivity index (χ0) is 14.7. The lowest BCUT2D eigenvalue weighted by atomic mass is 10.1. The normalized spacial score (nSPS) is 12.8. The van der Waals surface area contributed by atoms with Gasteiger partial charge in [-0.05, 0) is 12.8 Å². The summed E-state index contributed by atoms with van der Waals surface area (Å²) < 4.78 is 0.